The first kappa shape index (κ1) is 16.7. The number of non-ortho nitro benzene ring substituents is 1. The number of hydrogen-bond donors (Lipinski definition) is 1. The minimum atomic E-state index is -3.54. The molecule has 0 bridgehead atoms. The number of anilines is 1. The Morgan fingerprint density at radius 1 is 1.32 bits per heavy atom. The average Bonchev–Trinajstić information content (AvgIpc) is 2.86. The van der Waals surface area contributed by atoms with E-state index in [1.165, 1.54) is 12.1 Å². The van der Waals surface area contributed by atoms with Gasteiger partial charge in [0.25, 0.3) is 5.69 Å². The van der Waals surface area contributed by atoms with Crippen LogP contribution in [0, 0.1) is 10.1 Å². The number of nitrogens with zero attached hydrogens (tertiary/aromatic N) is 2. The molecule has 2 atom stereocenters. The van der Waals surface area contributed by atoms with E-state index in [2.05, 4.69) is 10.2 Å². The van der Waals surface area contributed by atoms with Crippen molar-refractivity contribution in [3.8, 4) is 0 Å². The molecule has 2 rings (SSSR count). The highest BCUT2D eigenvalue weighted by Crippen LogP contribution is 2.31. The first-order chi connectivity index (χ1) is 10.2. The fraction of sp³-hybridized carbons (Fsp3) is 0.571. The van der Waals surface area contributed by atoms with Crippen molar-refractivity contribution in [2.75, 3.05) is 25.7 Å². The highest BCUT2D eigenvalue weighted by molar-refractivity contribution is 7.90. The van der Waals surface area contributed by atoms with Crippen LogP contribution < -0.4 is 5.32 Å². The zero-order valence-electron chi connectivity index (χ0n) is 12.9. The summed E-state index contributed by atoms with van der Waals surface area (Å²) in [5.41, 5.74) is 0.223. The van der Waals surface area contributed by atoms with Gasteiger partial charge in [0.1, 0.15) is 0 Å². The lowest BCUT2D eigenvalue weighted by molar-refractivity contribution is -0.385. The Kier molecular flexibility index (Phi) is 4.72. The van der Waals surface area contributed by atoms with Crippen LogP contribution in [0.3, 0.4) is 0 Å². The zero-order chi connectivity index (χ0) is 16.5. The molecule has 122 valence electrons. The maximum absolute atomic E-state index is 11.9. The molecule has 0 spiro atoms. The molecular formula is C14H21N3O4S. The topological polar surface area (TPSA) is 92.5 Å². The van der Waals surface area contributed by atoms with Gasteiger partial charge in [-0.2, -0.15) is 0 Å². The van der Waals surface area contributed by atoms with Gasteiger partial charge in [-0.1, -0.05) is 0 Å². The molecule has 0 aliphatic heterocycles. The van der Waals surface area contributed by atoms with E-state index >= 15 is 0 Å². The number of sulfone groups is 1. The molecule has 0 saturated heterocycles. The van der Waals surface area contributed by atoms with Crippen LogP contribution in [0.25, 0.3) is 0 Å². The maximum Gasteiger partial charge on any atom is 0.270 e. The molecule has 1 aliphatic rings. The van der Waals surface area contributed by atoms with Gasteiger partial charge in [-0.3, -0.25) is 10.1 Å². The van der Waals surface area contributed by atoms with Crippen molar-refractivity contribution in [2.24, 2.45) is 0 Å². The summed E-state index contributed by atoms with van der Waals surface area (Å²) in [5.74, 6) is 0. The molecule has 1 fully saturated rings. The van der Waals surface area contributed by atoms with Crippen molar-refractivity contribution < 1.29 is 13.3 Å². The molecule has 0 unspecified atom stereocenters. The van der Waals surface area contributed by atoms with Crippen LogP contribution in [0.1, 0.15) is 19.3 Å². The Hall–Kier alpha value is -1.67. The summed E-state index contributed by atoms with van der Waals surface area (Å²) in [5, 5.41) is 14.1. The third kappa shape index (κ3) is 3.75. The molecule has 0 radical (unpaired) electrons. The normalized spacial score (nSPS) is 22.0. The van der Waals surface area contributed by atoms with Crippen molar-refractivity contribution in [3.05, 3.63) is 28.3 Å². The number of benzene rings is 1. The monoisotopic (exact) mass is 327 g/mol. The van der Waals surface area contributed by atoms with E-state index in [1.807, 2.05) is 14.1 Å². The van der Waals surface area contributed by atoms with Crippen molar-refractivity contribution in [1.29, 1.82) is 0 Å². The number of rotatable bonds is 5. The molecule has 0 aromatic heterocycles. The van der Waals surface area contributed by atoms with E-state index in [1.54, 1.807) is 0 Å². The third-order valence-corrected chi connectivity index (χ3v) is 5.21. The second-order valence-corrected chi connectivity index (χ2v) is 7.97. The molecular weight excluding hydrogens is 306 g/mol. The maximum atomic E-state index is 11.9. The SMILES string of the molecule is CN(C)[C@@H]1CC[C@H](Nc2ccc([N+](=O)[O-])cc2S(C)(=O)=O)C1. The molecule has 7 nitrogen and oxygen atoms in total. The highest BCUT2D eigenvalue weighted by Gasteiger charge is 2.27. The quantitative estimate of drug-likeness (QED) is 0.656. The second-order valence-electron chi connectivity index (χ2n) is 5.98. The van der Waals surface area contributed by atoms with Gasteiger partial charge < -0.3 is 10.2 Å². The summed E-state index contributed by atoms with van der Waals surface area (Å²) in [4.78, 5) is 12.4. The van der Waals surface area contributed by atoms with Crippen LogP contribution in [-0.4, -0.2) is 50.7 Å². The van der Waals surface area contributed by atoms with Gasteiger partial charge in [0.05, 0.1) is 15.5 Å². The molecule has 8 heteroatoms. The van der Waals surface area contributed by atoms with Gasteiger partial charge in [0, 0.05) is 30.5 Å². The summed E-state index contributed by atoms with van der Waals surface area (Å²) in [6.07, 6.45) is 3.98. The average molecular weight is 327 g/mol. The molecule has 1 aromatic carbocycles. The largest absolute Gasteiger partial charge is 0.381 e. The van der Waals surface area contributed by atoms with E-state index in [4.69, 9.17) is 0 Å². The van der Waals surface area contributed by atoms with Crippen LogP contribution in [0.5, 0.6) is 0 Å². The Morgan fingerprint density at radius 2 is 2.00 bits per heavy atom. The van der Waals surface area contributed by atoms with Crippen molar-refractivity contribution in [2.45, 2.75) is 36.2 Å². The lowest BCUT2D eigenvalue weighted by Crippen LogP contribution is -2.27. The highest BCUT2D eigenvalue weighted by atomic mass is 32.2. The summed E-state index contributed by atoms with van der Waals surface area (Å²) >= 11 is 0. The van der Waals surface area contributed by atoms with Gasteiger partial charge in [-0.15, -0.1) is 0 Å². The third-order valence-electron chi connectivity index (χ3n) is 4.07. The molecule has 1 aromatic rings. The van der Waals surface area contributed by atoms with Gasteiger partial charge in [-0.05, 0) is 39.4 Å². The van der Waals surface area contributed by atoms with Crippen molar-refractivity contribution in [3.63, 3.8) is 0 Å². The standard InChI is InChI=1S/C14H21N3O4S/c1-16(2)11-5-4-10(8-11)15-13-7-6-12(17(18)19)9-14(13)22(3,20)21/h6-7,9-11,15H,4-5,8H2,1-3H3/t10-,11+/m0/s1. The number of hydrogen-bond acceptors (Lipinski definition) is 6. The fourth-order valence-electron chi connectivity index (χ4n) is 2.83. The smallest absolute Gasteiger partial charge is 0.270 e. The van der Waals surface area contributed by atoms with Crippen LogP contribution in [0.2, 0.25) is 0 Å². The van der Waals surface area contributed by atoms with E-state index in [9.17, 15) is 18.5 Å². The number of nitrogens with one attached hydrogen (secondary N) is 1. The van der Waals surface area contributed by atoms with Crippen LogP contribution in [-0.2, 0) is 9.84 Å². The Bertz CT molecular complexity index is 673. The molecule has 0 heterocycles. The Balaban J connectivity index is 2.26. The summed E-state index contributed by atoms with van der Waals surface area (Å²) in [7, 11) is 0.519. The van der Waals surface area contributed by atoms with Crippen LogP contribution >= 0.6 is 0 Å². The first-order valence-corrected chi connectivity index (χ1v) is 8.99. The van der Waals surface area contributed by atoms with Gasteiger partial charge >= 0.3 is 0 Å². The van der Waals surface area contributed by atoms with E-state index in [0.717, 1.165) is 31.6 Å². The fourth-order valence-corrected chi connectivity index (χ4v) is 3.69. The molecule has 1 N–H and O–H groups in total. The van der Waals surface area contributed by atoms with Crippen molar-refractivity contribution >= 4 is 21.2 Å². The van der Waals surface area contributed by atoms with Gasteiger partial charge in [0.15, 0.2) is 9.84 Å². The second kappa shape index (κ2) is 6.21. The van der Waals surface area contributed by atoms with Gasteiger partial charge in [0.2, 0.25) is 0 Å². The summed E-state index contributed by atoms with van der Waals surface area (Å²) in [6.45, 7) is 0. The van der Waals surface area contributed by atoms with Crippen LogP contribution in [0.15, 0.2) is 23.1 Å². The summed E-state index contributed by atoms with van der Waals surface area (Å²) in [6, 6.07) is 4.58. The Morgan fingerprint density at radius 3 is 2.50 bits per heavy atom. The van der Waals surface area contributed by atoms with E-state index in [0.29, 0.717) is 11.7 Å². The Labute approximate surface area is 130 Å². The number of nitro groups is 1. The molecule has 1 saturated carbocycles. The predicted molar refractivity (Wildman–Crippen MR) is 84.9 cm³/mol. The summed E-state index contributed by atoms with van der Waals surface area (Å²) < 4.78 is 23.8. The zero-order valence-corrected chi connectivity index (χ0v) is 13.8. The van der Waals surface area contributed by atoms with E-state index < -0.39 is 14.8 Å². The lowest BCUT2D eigenvalue weighted by Gasteiger charge is -2.20. The van der Waals surface area contributed by atoms with Crippen LogP contribution in [0.4, 0.5) is 11.4 Å². The minimum absolute atomic E-state index is 0.0185. The lowest BCUT2D eigenvalue weighted by atomic mass is 10.2. The number of nitro benzene ring substituents is 1. The molecule has 22 heavy (non-hydrogen) atoms. The minimum Gasteiger partial charge on any atom is -0.381 e. The molecule has 1 aliphatic carbocycles. The van der Waals surface area contributed by atoms with Gasteiger partial charge in [-0.25, -0.2) is 8.42 Å². The first-order valence-electron chi connectivity index (χ1n) is 7.10. The van der Waals surface area contributed by atoms with Crippen molar-refractivity contribution in [1.82, 2.24) is 4.90 Å². The van der Waals surface area contributed by atoms with E-state index in [-0.39, 0.29) is 16.6 Å². The molecule has 0 amide bonds. The predicted octanol–water partition coefficient (Wildman–Crippen LogP) is 1.89.